The minimum Gasteiger partial charge on any atom is -0.497 e. The summed E-state index contributed by atoms with van der Waals surface area (Å²) in [6, 6.07) is 14.0. The van der Waals surface area contributed by atoms with E-state index in [1.54, 1.807) is 18.4 Å². The Labute approximate surface area is 176 Å². The van der Waals surface area contributed by atoms with Gasteiger partial charge in [0.15, 0.2) is 5.13 Å². The zero-order valence-corrected chi connectivity index (χ0v) is 18.5. The van der Waals surface area contributed by atoms with E-state index in [0.29, 0.717) is 13.0 Å². The number of carbonyl (C=O) groups is 1. The van der Waals surface area contributed by atoms with Gasteiger partial charge in [0.2, 0.25) is 5.91 Å². The third-order valence-electron chi connectivity index (χ3n) is 4.88. The van der Waals surface area contributed by atoms with Crippen molar-refractivity contribution in [3.05, 3.63) is 53.6 Å². The molecule has 2 aromatic carbocycles. The SMILES string of the molecule is CCc1ccc2nc(N(CCCN(C)C)C(=O)Cc3ccc(OC)cc3)sc2c1. The van der Waals surface area contributed by atoms with E-state index in [-0.39, 0.29) is 5.91 Å². The first kappa shape index (κ1) is 21.3. The van der Waals surface area contributed by atoms with Crippen molar-refractivity contribution in [3.8, 4) is 5.75 Å². The van der Waals surface area contributed by atoms with E-state index >= 15 is 0 Å². The van der Waals surface area contributed by atoms with Gasteiger partial charge in [0, 0.05) is 6.54 Å². The number of hydrogen-bond acceptors (Lipinski definition) is 5. The first-order valence-corrected chi connectivity index (χ1v) is 10.8. The molecule has 1 aromatic heterocycles. The van der Waals surface area contributed by atoms with Crippen molar-refractivity contribution < 1.29 is 9.53 Å². The molecule has 1 amide bonds. The van der Waals surface area contributed by atoms with Crippen LogP contribution in [0.5, 0.6) is 5.75 Å². The predicted octanol–water partition coefficient (Wildman–Crippen LogP) is 4.39. The number of aromatic nitrogens is 1. The predicted molar refractivity (Wildman–Crippen MR) is 121 cm³/mol. The van der Waals surface area contributed by atoms with Gasteiger partial charge in [-0.15, -0.1) is 0 Å². The highest BCUT2D eigenvalue weighted by Gasteiger charge is 2.20. The molecule has 1 heterocycles. The van der Waals surface area contributed by atoms with Crippen LogP contribution in [-0.2, 0) is 17.6 Å². The Morgan fingerprint density at radius 3 is 2.45 bits per heavy atom. The smallest absolute Gasteiger partial charge is 0.233 e. The number of aryl methyl sites for hydroxylation is 1. The van der Waals surface area contributed by atoms with Gasteiger partial charge in [-0.2, -0.15) is 0 Å². The van der Waals surface area contributed by atoms with Crippen molar-refractivity contribution in [2.45, 2.75) is 26.2 Å². The Morgan fingerprint density at radius 2 is 1.79 bits per heavy atom. The molecule has 0 bridgehead atoms. The standard InChI is InChI=1S/C23H29N3O2S/c1-5-17-9-12-20-21(15-17)29-23(24-20)26(14-6-13-25(2)3)22(27)16-18-7-10-19(28-4)11-8-18/h7-12,15H,5-6,13-14,16H2,1-4H3. The van der Waals surface area contributed by atoms with Gasteiger partial charge in [-0.05, 0) is 68.9 Å². The van der Waals surface area contributed by atoms with Crippen molar-refractivity contribution in [3.63, 3.8) is 0 Å². The topological polar surface area (TPSA) is 45.7 Å². The molecule has 0 radical (unpaired) electrons. The zero-order chi connectivity index (χ0) is 20.8. The summed E-state index contributed by atoms with van der Waals surface area (Å²) >= 11 is 1.60. The molecule has 6 heteroatoms. The van der Waals surface area contributed by atoms with Crippen molar-refractivity contribution in [2.24, 2.45) is 0 Å². The van der Waals surface area contributed by atoms with Crippen LogP contribution >= 0.6 is 11.3 Å². The molecule has 0 atom stereocenters. The summed E-state index contributed by atoms with van der Waals surface area (Å²) in [6.07, 6.45) is 2.24. The number of ether oxygens (including phenoxy) is 1. The molecule has 154 valence electrons. The van der Waals surface area contributed by atoms with Crippen LogP contribution in [0.1, 0.15) is 24.5 Å². The van der Waals surface area contributed by atoms with E-state index in [4.69, 9.17) is 9.72 Å². The normalized spacial score (nSPS) is 11.2. The summed E-state index contributed by atoms with van der Waals surface area (Å²) in [5, 5.41) is 0.783. The maximum absolute atomic E-state index is 13.2. The molecule has 3 aromatic rings. The van der Waals surface area contributed by atoms with Gasteiger partial charge in [0.05, 0.1) is 23.7 Å². The van der Waals surface area contributed by atoms with Gasteiger partial charge in [0.25, 0.3) is 0 Å². The molecular formula is C23H29N3O2S. The molecule has 0 fully saturated rings. The number of methoxy groups -OCH3 is 1. The van der Waals surface area contributed by atoms with Crippen molar-refractivity contribution in [1.82, 2.24) is 9.88 Å². The minimum absolute atomic E-state index is 0.0729. The molecule has 0 unspecified atom stereocenters. The molecule has 0 aliphatic heterocycles. The molecule has 3 rings (SSSR count). The first-order chi connectivity index (χ1) is 14.0. The number of nitrogens with zero attached hydrogens (tertiary/aromatic N) is 3. The quantitative estimate of drug-likeness (QED) is 0.524. The third-order valence-corrected chi connectivity index (χ3v) is 5.92. The second-order valence-corrected chi connectivity index (χ2v) is 8.39. The number of thiazole rings is 1. The number of hydrogen-bond donors (Lipinski definition) is 0. The van der Waals surface area contributed by atoms with Gasteiger partial charge in [-0.25, -0.2) is 4.98 Å². The lowest BCUT2D eigenvalue weighted by Crippen LogP contribution is -2.34. The molecule has 0 aliphatic rings. The van der Waals surface area contributed by atoms with Crippen molar-refractivity contribution in [2.75, 3.05) is 39.2 Å². The molecule has 0 saturated heterocycles. The third kappa shape index (κ3) is 5.55. The number of amides is 1. The maximum atomic E-state index is 13.2. The minimum atomic E-state index is 0.0729. The van der Waals surface area contributed by atoms with E-state index in [2.05, 4.69) is 30.0 Å². The molecule has 5 nitrogen and oxygen atoms in total. The van der Waals surface area contributed by atoms with E-state index < -0.39 is 0 Å². The van der Waals surface area contributed by atoms with Crippen LogP contribution in [-0.4, -0.2) is 50.1 Å². The van der Waals surface area contributed by atoms with E-state index in [1.807, 2.05) is 43.3 Å². The average molecular weight is 412 g/mol. The fraction of sp³-hybridized carbons (Fsp3) is 0.391. The highest BCUT2D eigenvalue weighted by Crippen LogP contribution is 2.30. The van der Waals surface area contributed by atoms with Crippen LogP contribution in [0.3, 0.4) is 0 Å². The number of anilines is 1. The largest absolute Gasteiger partial charge is 0.497 e. The molecule has 0 aliphatic carbocycles. The van der Waals surface area contributed by atoms with Gasteiger partial charge in [-0.3, -0.25) is 9.69 Å². The summed E-state index contributed by atoms with van der Waals surface area (Å²) in [7, 11) is 5.74. The number of fused-ring (bicyclic) bond motifs is 1. The van der Waals surface area contributed by atoms with Crippen LogP contribution in [0.25, 0.3) is 10.2 Å². The molecule has 0 N–H and O–H groups in total. The zero-order valence-electron chi connectivity index (χ0n) is 17.6. The average Bonchev–Trinajstić information content (AvgIpc) is 3.14. The van der Waals surface area contributed by atoms with E-state index in [1.165, 1.54) is 5.56 Å². The molecule has 0 saturated carbocycles. The van der Waals surface area contributed by atoms with Gasteiger partial charge >= 0.3 is 0 Å². The Hall–Kier alpha value is -2.44. The summed E-state index contributed by atoms with van der Waals surface area (Å²) in [4.78, 5) is 21.9. The summed E-state index contributed by atoms with van der Waals surface area (Å²) in [5.41, 5.74) is 3.22. The molecule has 0 spiro atoms. The lowest BCUT2D eigenvalue weighted by Gasteiger charge is -2.21. The second-order valence-electron chi connectivity index (χ2n) is 7.38. The number of rotatable bonds is 9. The Kier molecular flexibility index (Phi) is 7.23. The van der Waals surface area contributed by atoms with Crippen molar-refractivity contribution in [1.29, 1.82) is 0 Å². The Bertz CT molecular complexity index is 950. The lowest BCUT2D eigenvalue weighted by molar-refractivity contribution is -0.118. The van der Waals surface area contributed by atoms with Gasteiger partial charge < -0.3 is 9.64 Å². The van der Waals surface area contributed by atoms with Crippen LogP contribution in [0, 0.1) is 0 Å². The van der Waals surface area contributed by atoms with Crippen LogP contribution in [0.4, 0.5) is 5.13 Å². The molecule has 29 heavy (non-hydrogen) atoms. The lowest BCUT2D eigenvalue weighted by atomic mass is 10.1. The number of benzene rings is 2. The summed E-state index contributed by atoms with van der Waals surface area (Å²) < 4.78 is 6.34. The van der Waals surface area contributed by atoms with Crippen LogP contribution in [0.15, 0.2) is 42.5 Å². The monoisotopic (exact) mass is 411 g/mol. The van der Waals surface area contributed by atoms with E-state index in [9.17, 15) is 4.79 Å². The Balaban J connectivity index is 1.83. The summed E-state index contributed by atoms with van der Waals surface area (Å²) in [5.74, 6) is 0.866. The van der Waals surface area contributed by atoms with Crippen LogP contribution in [0.2, 0.25) is 0 Å². The summed E-state index contributed by atoms with van der Waals surface area (Å²) in [6.45, 7) is 3.74. The second kappa shape index (κ2) is 9.85. The highest BCUT2D eigenvalue weighted by atomic mass is 32.1. The first-order valence-electron chi connectivity index (χ1n) is 9.97. The van der Waals surface area contributed by atoms with Crippen LogP contribution < -0.4 is 9.64 Å². The van der Waals surface area contributed by atoms with Crippen molar-refractivity contribution >= 4 is 32.6 Å². The van der Waals surface area contributed by atoms with Gasteiger partial charge in [0.1, 0.15) is 5.75 Å². The Morgan fingerprint density at radius 1 is 1.07 bits per heavy atom. The molecular weight excluding hydrogens is 382 g/mol. The highest BCUT2D eigenvalue weighted by molar-refractivity contribution is 7.22. The van der Waals surface area contributed by atoms with E-state index in [0.717, 1.165) is 46.0 Å². The van der Waals surface area contributed by atoms with Gasteiger partial charge in [-0.1, -0.05) is 36.5 Å². The fourth-order valence-electron chi connectivity index (χ4n) is 3.18. The number of carbonyl (C=O) groups excluding carboxylic acids is 1. The fourth-order valence-corrected chi connectivity index (χ4v) is 4.25. The maximum Gasteiger partial charge on any atom is 0.233 e.